The van der Waals surface area contributed by atoms with Gasteiger partial charge in [0.25, 0.3) is 5.91 Å². The molecule has 0 aliphatic carbocycles. The molecule has 0 unspecified atom stereocenters. The quantitative estimate of drug-likeness (QED) is 0.473. The fraction of sp³-hybridized carbons (Fsp3) is 0.231. The summed E-state index contributed by atoms with van der Waals surface area (Å²) in [4.78, 5) is 20.8. The van der Waals surface area contributed by atoms with Crippen LogP contribution in [0.3, 0.4) is 0 Å². The van der Waals surface area contributed by atoms with Crippen molar-refractivity contribution in [3.05, 3.63) is 76.4 Å². The summed E-state index contributed by atoms with van der Waals surface area (Å²) in [5, 5.41) is 19.5. The van der Waals surface area contributed by atoms with Gasteiger partial charge in [0, 0.05) is 38.9 Å². The molecule has 4 rings (SSSR count). The Hall–Kier alpha value is -3.60. The second kappa shape index (κ2) is 11.0. The van der Waals surface area contributed by atoms with Gasteiger partial charge < -0.3 is 14.4 Å². The van der Waals surface area contributed by atoms with Gasteiger partial charge in [-0.3, -0.25) is 4.79 Å². The zero-order valence-corrected chi connectivity index (χ0v) is 21.4. The second-order valence-electron chi connectivity index (χ2n) is 8.37. The van der Waals surface area contributed by atoms with Gasteiger partial charge in [0.1, 0.15) is 23.5 Å². The Morgan fingerprint density at radius 3 is 2.36 bits per heavy atom. The molecule has 0 N–H and O–H groups in total. The van der Waals surface area contributed by atoms with Crippen LogP contribution in [0.5, 0.6) is 0 Å². The highest BCUT2D eigenvalue weighted by atomic mass is 35.5. The van der Waals surface area contributed by atoms with Gasteiger partial charge in [0.15, 0.2) is 4.90 Å². The first-order valence-electron chi connectivity index (χ1n) is 11.2. The molecule has 36 heavy (non-hydrogen) atoms. The zero-order valence-electron chi connectivity index (χ0n) is 19.8. The summed E-state index contributed by atoms with van der Waals surface area (Å²) in [6.07, 6.45) is 1.68. The largest absolute Gasteiger partial charge is 0.593 e. The minimum atomic E-state index is -1.44. The lowest BCUT2D eigenvalue weighted by Gasteiger charge is -2.35. The van der Waals surface area contributed by atoms with E-state index in [1.54, 1.807) is 68.8 Å². The van der Waals surface area contributed by atoms with Gasteiger partial charge in [-0.05, 0) is 35.9 Å². The molecule has 1 saturated heterocycles. The molecule has 0 radical (unpaired) electrons. The van der Waals surface area contributed by atoms with Crippen molar-refractivity contribution in [2.75, 3.05) is 45.2 Å². The number of aromatic nitrogens is 1. The highest BCUT2D eigenvalue weighted by Gasteiger charge is 2.30. The number of piperazine rings is 1. The average Bonchev–Trinajstić information content (AvgIpc) is 2.91. The molecule has 0 bridgehead atoms. The van der Waals surface area contributed by atoms with Gasteiger partial charge in [0.2, 0.25) is 0 Å². The number of halogens is 1. The van der Waals surface area contributed by atoms with Gasteiger partial charge >= 0.3 is 0 Å². The van der Waals surface area contributed by atoms with Gasteiger partial charge in [-0.1, -0.05) is 29.8 Å². The van der Waals surface area contributed by atoms with Crippen LogP contribution in [-0.4, -0.2) is 64.9 Å². The van der Waals surface area contributed by atoms with Crippen molar-refractivity contribution in [2.45, 2.75) is 4.90 Å². The van der Waals surface area contributed by atoms with Crippen LogP contribution in [0.1, 0.15) is 21.5 Å². The van der Waals surface area contributed by atoms with E-state index in [2.05, 4.69) is 17.1 Å². The Morgan fingerprint density at radius 1 is 1.03 bits per heavy atom. The van der Waals surface area contributed by atoms with Crippen LogP contribution >= 0.6 is 11.6 Å². The average molecular weight is 519 g/mol. The van der Waals surface area contributed by atoms with E-state index in [4.69, 9.17) is 11.6 Å². The number of rotatable bonds is 5. The maximum atomic E-state index is 13.0. The van der Waals surface area contributed by atoms with Crippen molar-refractivity contribution >= 4 is 34.7 Å². The molecular weight excluding hydrogens is 496 g/mol. The maximum absolute atomic E-state index is 13.0. The number of carbonyl (C=O) groups excluding carboxylic acids is 1. The van der Waals surface area contributed by atoms with E-state index in [1.807, 2.05) is 9.21 Å². The molecule has 0 spiro atoms. The molecule has 1 aromatic heterocycles. The molecule has 1 amide bonds. The summed E-state index contributed by atoms with van der Waals surface area (Å²) >= 11 is 4.92. The summed E-state index contributed by atoms with van der Waals surface area (Å²) in [7, 11) is 3.33. The fourth-order valence-electron chi connectivity index (χ4n) is 3.97. The van der Waals surface area contributed by atoms with Crippen molar-refractivity contribution in [1.82, 2.24) is 14.2 Å². The number of amides is 1. The molecule has 2 heterocycles. The van der Waals surface area contributed by atoms with Crippen LogP contribution in [0.15, 0.2) is 59.6 Å². The molecule has 0 saturated carbocycles. The number of hydrogen-bond acceptors (Lipinski definition) is 7. The predicted molar refractivity (Wildman–Crippen MR) is 139 cm³/mol. The minimum Gasteiger partial charge on any atom is -0.593 e. The van der Waals surface area contributed by atoms with Crippen molar-refractivity contribution in [3.63, 3.8) is 0 Å². The molecule has 1 aliphatic rings. The first-order valence-corrected chi connectivity index (χ1v) is 12.6. The Balaban J connectivity index is 1.50. The Labute approximate surface area is 218 Å². The van der Waals surface area contributed by atoms with Crippen LogP contribution < -0.4 is 4.90 Å². The van der Waals surface area contributed by atoms with E-state index in [0.717, 1.165) is 5.56 Å². The highest BCUT2D eigenvalue weighted by Crippen LogP contribution is 2.30. The number of pyridine rings is 1. The van der Waals surface area contributed by atoms with Gasteiger partial charge in [0.05, 0.1) is 40.6 Å². The second-order valence-corrected chi connectivity index (χ2v) is 10.2. The first kappa shape index (κ1) is 25.5. The van der Waals surface area contributed by atoms with E-state index in [9.17, 15) is 19.9 Å². The van der Waals surface area contributed by atoms with Crippen LogP contribution in [-0.2, 0) is 11.4 Å². The summed E-state index contributed by atoms with van der Waals surface area (Å²) in [6, 6.07) is 18.1. The number of hydrogen-bond donors (Lipinski definition) is 0. The Bertz CT molecular complexity index is 1380. The van der Waals surface area contributed by atoms with E-state index in [0.29, 0.717) is 64.2 Å². The lowest BCUT2D eigenvalue weighted by Crippen LogP contribution is -2.49. The summed E-state index contributed by atoms with van der Waals surface area (Å²) in [6.45, 7) is 2.07. The zero-order chi connectivity index (χ0) is 25.8. The molecule has 182 valence electrons. The standard InChI is InChI=1S/C26H23ClN6O2S/c1-31(2)26(34)22-8-7-18(14-23(22)27)21-13-20(16-29)25(30-17-21)32-9-11-33(12-10-32)36(35)24-6-4-3-5-19(24)15-28/h3-8,13-14,17H,9-12H2,1-2H3/t36-/m0/s1. The van der Waals surface area contributed by atoms with E-state index < -0.39 is 11.4 Å². The molecule has 1 aliphatic heterocycles. The third kappa shape index (κ3) is 5.15. The van der Waals surface area contributed by atoms with Crippen molar-refractivity contribution in [2.24, 2.45) is 0 Å². The number of anilines is 1. The SMILES string of the molecule is CN(C)C(=O)c1ccc(-c2cnc(N3CCN([S@@+]([O-])c4ccccc4C#N)CC3)c(C#N)c2)cc1Cl. The number of benzene rings is 2. The lowest BCUT2D eigenvalue weighted by molar-refractivity contribution is 0.0828. The third-order valence-electron chi connectivity index (χ3n) is 5.89. The van der Waals surface area contributed by atoms with Crippen molar-refractivity contribution in [1.29, 1.82) is 10.5 Å². The van der Waals surface area contributed by atoms with Crippen molar-refractivity contribution in [3.8, 4) is 23.3 Å². The molecule has 8 nitrogen and oxygen atoms in total. The van der Waals surface area contributed by atoms with E-state index in [1.165, 1.54) is 4.90 Å². The van der Waals surface area contributed by atoms with Crippen LogP contribution in [0.2, 0.25) is 5.02 Å². The molecule has 3 aromatic rings. The number of nitrogens with zero attached hydrogens (tertiary/aromatic N) is 6. The number of nitriles is 2. The summed E-state index contributed by atoms with van der Waals surface area (Å²) < 4.78 is 14.9. The van der Waals surface area contributed by atoms with E-state index in [-0.39, 0.29) is 5.91 Å². The maximum Gasteiger partial charge on any atom is 0.254 e. The minimum absolute atomic E-state index is 0.186. The van der Waals surface area contributed by atoms with Crippen LogP contribution in [0.25, 0.3) is 11.1 Å². The summed E-state index contributed by atoms with van der Waals surface area (Å²) in [5.74, 6) is 0.378. The molecular formula is C26H23ClN6O2S. The topological polar surface area (TPSA) is 110 Å². The fourth-order valence-corrected chi connectivity index (χ4v) is 5.51. The third-order valence-corrected chi connectivity index (χ3v) is 7.77. The van der Waals surface area contributed by atoms with Gasteiger partial charge in [-0.25, -0.2) is 4.98 Å². The summed E-state index contributed by atoms with van der Waals surface area (Å²) in [5.41, 5.74) is 2.70. The molecule has 2 aromatic carbocycles. The molecule has 10 heteroatoms. The predicted octanol–water partition coefficient (Wildman–Crippen LogP) is 3.69. The Kier molecular flexibility index (Phi) is 7.78. The van der Waals surface area contributed by atoms with Crippen molar-refractivity contribution < 1.29 is 9.35 Å². The normalized spacial score (nSPS) is 14.6. The first-order chi connectivity index (χ1) is 17.3. The van der Waals surface area contributed by atoms with Crippen LogP contribution in [0.4, 0.5) is 5.82 Å². The van der Waals surface area contributed by atoms with E-state index >= 15 is 0 Å². The highest BCUT2D eigenvalue weighted by molar-refractivity contribution is 7.89. The lowest BCUT2D eigenvalue weighted by atomic mass is 10.0. The van der Waals surface area contributed by atoms with Crippen LogP contribution in [0, 0.1) is 22.7 Å². The Morgan fingerprint density at radius 2 is 1.72 bits per heavy atom. The van der Waals surface area contributed by atoms with Gasteiger partial charge in [-0.2, -0.15) is 10.5 Å². The molecule has 1 fully saturated rings. The number of carbonyl (C=O) groups is 1. The smallest absolute Gasteiger partial charge is 0.254 e. The molecule has 1 atom stereocenters. The monoisotopic (exact) mass is 518 g/mol. The van der Waals surface area contributed by atoms with Gasteiger partial charge in [-0.15, -0.1) is 4.31 Å².